The lowest BCUT2D eigenvalue weighted by Crippen LogP contribution is -2.37. The van der Waals surface area contributed by atoms with Gasteiger partial charge in [0.15, 0.2) is 0 Å². The van der Waals surface area contributed by atoms with E-state index in [9.17, 15) is 4.79 Å². The Hall–Kier alpha value is -0.580. The lowest BCUT2D eigenvalue weighted by molar-refractivity contribution is 0.0940. The second-order valence-electron chi connectivity index (χ2n) is 3.59. The van der Waals surface area contributed by atoms with Crippen molar-refractivity contribution < 1.29 is 4.79 Å². The van der Waals surface area contributed by atoms with Gasteiger partial charge in [-0.05, 0) is 47.5 Å². The molecule has 1 rings (SSSR count). The zero-order valence-corrected chi connectivity index (χ0v) is 11.7. The molecular formula is C11H16BrClN2O. The van der Waals surface area contributed by atoms with Crippen LogP contribution in [0.5, 0.6) is 0 Å². The van der Waals surface area contributed by atoms with Crippen molar-refractivity contribution in [2.45, 2.75) is 19.9 Å². The Labute approximate surface area is 110 Å². The average molecular weight is 308 g/mol. The number of carbonyl (C=O) groups is 1. The van der Waals surface area contributed by atoms with Gasteiger partial charge in [0, 0.05) is 17.1 Å². The molecule has 0 saturated carbocycles. The van der Waals surface area contributed by atoms with Crippen LogP contribution in [-0.4, -0.2) is 18.5 Å². The standard InChI is InChI=1S/C11H15BrN2O.ClH/c1-7-3-4-9(10(12)5-7)11(15)14-8(2)6-13;/h3-5,8H,6,13H2,1-2H3,(H,14,15);1H/t8-;/m1./s1. The van der Waals surface area contributed by atoms with Crippen LogP contribution in [0.25, 0.3) is 0 Å². The first-order chi connectivity index (χ1) is 7.04. The number of aryl methyl sites for hydroxylation is 1. The Morgan fingerprint density at radius 2 is 2.19 bits per heavy atom. The highest BCUT2D eigenvalue weighted by atomic mass is 79.9. The molecule has 3 nitrogen and oxygen atoms in total. The summed E-state index contributed by atoms with van der Waals surface area (Å²) < 4.78 is 0.809. The van der Waals surface area contributed by atoms with Crippen molar-refractivity contribution in [1.82, 2.24) is 5.32 Å². The molecule has 0 aliphatic carbocycles. The Kier molecular flexibility index (Phi) is 6.64. The molecule has 1 atom stereocenters. The summed E-state index contributed by atoms with van der Waals surface area (Å²) in [6, 6.07) is 5.62. The van der Waals surface area contributed by atoms with Crippen LogP contribution in [0.4, 0.5) is 0 Å². The molecule has 0 radical (unpaired) electrons. The van der Waals surface area contributed by atoms with E-state index in [1.54, 1.807) is 6.07 Å². The number of hydrogen-bond acceptors (Lipinski definition) is 2. The maximum atomic E-state index is 11.7. The summed E-state index contributed by atoms with van der Waals surface area (Å²) in [6.45, 7) is 4.30. The minimum atomic E-state index is -0.0974. The topological polar surface area (TPSA) is 55.1 Å². The number of amides is 1. The summed E-state index contributed by atoms with van der Waals surface area (Å²) >= 11 is 3.37. The predicted octanol–water partition coefficient (Wildman–Crippen LogP) is 2.26. The quantitative estimate of drug-likeness (QED) is 0.900. The molecule has 90 valence electrons. The van der Waals surface area contributed by atoms with Gasteiger partial charge in [-0.3, -0.25) is 4.79 Å². The molecule has 0 fully saturated rings. The van der Waals surface area contributed by atoms with Crippen molar-refractivity contribution in [3.05, 3.63) is 33.8 Å². The van der Waals surface area contributed by atoms with Crippen LogP contribution in [0.15, 0.2) is 22.7 Å². The average Bonchev–Trinajstić information content (AvgIpc) is 2.17. The minimum Gasteiger partial charge on any atom is -0.348 e. The van der Waals surface area contributed by atoms with Gasteiger partial charge in [0.25, 0.3) is 5.91 Å². The van der Waals surface area contributed by atoms with Crippen molar-refractivity contribution in [1.29, 1.82) is 0 Å². The number of hydrogen-bond donors (Lipinski definition) is 2. The molecule has 0 heterocycles. The van der Waals surface area contributed by atoms with Crippen LogP contribution in [0.1, 0.15) is 22.8 Å². The van der Waals surface area contributed by atoms with E-state index in [-0.39, 0.29) is 24.4 Å². The fourth-order valence-corrected chi connectivity index (χ4v) is 1.84. The Morgan fingerprint density at radius 3 is 2.69 bits per heavy atom. The molecule has 1 aromatic rings. The fraction of sp³-hybridized carbons (Fsp3) is 0.364. The molecule has 0 aliphatic rings. The summed E-state index contributed by atoms with van der Waals surface area (Å²) in [4.78, 5) is 11.7. The zero-order chi connectivity index (χ0) is 11.4. The van der Waals surface area contributed by atoms with Crippen LogP contribution in [-0.2, 0) is 0 Å². The third-order valence-electron chi connectivity index (χ3n) is 2.10. The van der Waals surface area contributed by atoms with Crippen molar-refractivity contribution in [3.8, 4) is 0 Å². The first kappa shape index (κ1) is 15.4. The highest BCUT2D eigenvalue weighted by Gasteiger charge is 2.11. The Bertz CT molecular complexity index is 371. The molecule has 0 saturated heterocycles. The van der Waals surface area contributed by atoms with E-state index in [2.05, 4.69) is 21.2 Å². The van der Waals surface area contributed by atoms with Crippen LogP contribution in [0.3, 0.4) is 0 Å². The number of nitrogens with one attached hydrogen (secondary N) is 1. The van der Waals surface area contributed by atoms with Gasteiger partial charge in [-0.25, -0.2) is 0 Å². The third-order valence-corrected chi connectivity index (χ3v) is 2.76. The summed E-state index contributed by atoms with van der Waals surface area (Å²) in [5.74, 6) is -0.0974. The molecule has 1 aromatic carbocycles. The van der Waals surface area contributed by atoms with E-state index in [4.69, 9.17) is 5.73 Å². The van der Waals surface area contributed by atoms with Gasteiger partial charge >= 0.3 is 0 Å². The number of halogens is 2. The fourth-order valence-electron chi connectivity index (χ4n) is 1.16. The normalized spacial score (nSPS) is 11.5. The van der Waals surface area contributed by atoms with E-state index < -0.39 is 0 Å². The molecule has 1 amide bonds. The largest absolute Gasteiger partial charge is 0.348 e. The summed E-state index contributed by atoms with van der Waals surface area (Å²) in [5, 5.41) is 2.81. The summed E-state index contributed by atoms with van der Waals surface area (Å²) in [7, 11) is 0. The van der Waals surface area contributed by atoms with Crippen LogP contribution in [0, 0.1) is 6.92 Å². The lowest BCUT2D eigenvalue weighted by Gasteiger charge is -2.12. The second-order valence-corrected chi connectivity index (χ2v) is 4.45. The van der Waals surface area contributed by atoms with Gasteiger partial charge < -0.3 is 11.1 Å². The zero-order valence-electron chi connectivity index (χ0n) is 9.29. The van der Waals surface area contributed by atoms with Crippen LogP contribution >= 0.6 is 28.3 Å². The van der Waals surface area contributed by atoms with Crippen molar-refractivity contribution in [3.63, 3.8) is 0 Å². The van der Waals surface area contributed by atoms with Crippen molar-refractivity contribution >= 4 is 34.2 Å². The molecular weight excluding hydrogens is 291 g/mol. The number of rotatable bonds is 3. The minimum absolute atomic E-state index is 0. The Balaban J connectivity index is 0.00000225. The number of carbonyl (C=O) groups excluding carboxylic acids is 1. The van der Waals surface area contributed by atoms with Gasteiger partial charge in [0.2, 0.25) is 0 Å². The van der Waals surface area contributed by atoms with Gasteiger partial charge in [-0.2, -0.15) is 0 Å². The highest BCUT2D eigenvalue weighted by Crippen LogP contribution is 2.18. The van der Waals surface area contributed by atoms with Gasteiger partial charge in [0.1, 0.15) is 0 Å². The van der Waals surface area contributed by atoms with E-state index in [0.29, 0.717) is 12.1 Å². The summed E-state index contributed by atoms with van der Waals surface area (Å²) in [5.41, 5.74) is 7.19. The van der Waals surface area contributed by atoms with E-state index in [0.717, 1.165) is 10.0 Å². The molecule has 16 heavy (non-hydrogen) atoms. The van der Waals surface area contributed by atoms with Gasteiger partial charge in [-0.1, -0.05) is 6.07 Å². The van der Waals surface area contributed by atoms with Crippen LogP contribution in [0.2, 0.25) is 0 Å². The van der Waals surface area contributed by atoms with Gasteiger partial charge in [-0.15, -0.1) is 12.4 Å². The smallest absolute Gasteiger partial charge is 0.252 e. The van der Waals surface area contributed by atoms with E-state index in [1.807, 2.05) is 26.0 Å². The highest BCUT2D eigenvalue weighted by molar-refractivity contribution is 9.10. The third kappa shape index (κ3) is 4.12. The monoisotopic (exact) mass is 306 g/mol. The number of benzene rings is 1. The molecule has 0 bridgehead atoms. The SMILES string of the molecule is Cc1ccc(C(=O)N[C@H](C)CN)c(Br)c1.Cl. The number of nitrogens with two attached hydrogens (primary N) is 1. The summed E-state index contributed by atoms with van der Waals surface area (Å²) in [6.07, 6.45) is 0. The van der Waals surface area contributed by atoms with E-state index in [1.165, 1.54) is 0 Å². The molecule has 3 N–H and O–H groups in total. The van der Waals surface area contributed by atoms with Gasteiger partial charge in [0.05, 0.1) is 5.56 Å². The molecule has 0 spiro atoms. The predicted molar refractivity (Wildman–Crippen MR) is 72.1 cm³/mol. The molecule has 0 aromatic heterocycles. The van der Waals surface area contributed by atoms with Crippen LogP contribution < -0.4 is 11.1 Å². The van der Waals surface area contributed by atoms with Crippen molar-refractivity contribution in [2.75, 3.05) is 6.54 Å². The molecule has 0 aliphatic heterocycles. The maximum Gasteiger partial charge on any atom is 0.252 e. The van der Waals surface area contributed by atoms with E-state index >= 15 is 0 Å². The first-order valence-electron chi connectivity index (χ1n) is 4.81. The molecule has 5 heteroatoms. The van der Waals surface area contributed by atoms with Crippen molar-refractivity contribution in [2.24, 2.45) is 5.73 Å². The molecule has 0 unspecified atom stereocenters. The second kappa shape index (κ2) is 6.89. The first-order valence-corrected chi connectivity index (χ1v) is 5.61. The maximum absolute atomic E-state index is 11.7. The lowest BCUT2D eigenvalue weighted by atomic mass is 10.1. The Morgan fingerprint density at radius 1 is 1.56 bits per heavy atom.